The third-order valence-corrected chi connectivity index (χ3v) is 2.26. The van der Waals surface area contributed by atoms with E-state index in [1.165, 1.54) is 0 Å². The van der Waals surface area contributed by atoms with Gasteiger partial charge in [-0.25, -0.2) is 0 Å². The van der Waals surface area contributed by atoms with Gasteiger partial charge in [-0.1, -0.05) is 11.6 Å². The van der Waals surface area contributed by atoms with Crippen molar-refractivity contribution in [1.82, 2.24) is 0 Å². The van der Waals surface area contributed by atoms with Crippen LogP contribution in [0.2, 0.25) is 0 Å². The van der Waals surface area contributed by atoms with Crippen molar-refractivity contribution in [2.75, 3.05) is 0 Å². The molecule has 0 heterocycles. The summed E-state index contributed by atoms with van der Waals surface area (Å²) in [6.07, 6.45) is -1.52. The van der Waals surface area contributed by atoms with Crippen molar-refractivity contribution in [3.05, 3.63) is 11.1 Å². The van der Waals surface area contributed by atoms with Crippen molar-refractivity contribution < 1.29 is 15.0 Å². The van der Waals surface area contributed by atoms with Crippen LogP contribution in [-0.2, 0) is 4.79 Å². The number of rotatable bonds is 0. The van der Waals surface area contributed by atoms with E-state index in [0.29, 0.717) is 0 Å². The van der Waals surface area contributed by atoms with Gasteiger partial charge < -0.3 is 10.2 Å². The first-order valence-electron chi connectivity index (χ1n) is 2.95. The van der Waals surface area contributed by atoms with E-state index in [9.17, 15) is 4.79 Å². The van der Waals surface area contributed by atoms with Crippen LogP contribution < -0.4 is 0 Å². The number of carbonyl (C=O) groups excluding carboxylic acids is 1. The average molecular weight is 197 g/mol. The topological polar surface area (TPSA) is 57.5 Å². The van der Waals surface area contributed by atoms with E-state index in [2.05, 4.69) is 0 Å². The van der Waals surface area contributed by atoms with Crippen LogP contribution in [0, 0.1) is 0 Å². The number of halogens is 2. The van der Waals surface area contributed by atoms with Crippen molar-refractivity contribution in [3.63, 3.8) is 0 Å². The summed E-state index contributed by atoms with van der Waals surface area (Å²) in [6.45, 7) is 0. The van der Waals surface area contributed by atoms with Gasteiger partial charge in [0, 0.05) is 6.08 Å². The molecule has 2 N–H and O–H groups in total. The smallest absolute Gasteiger partial charge is 0.177 e. The minimum Gasteiger partial charge on any atom is -0.388 e. The van der Waals surface area contributed by atoms with Crippen LogP contribution in [-0.4, -0.2) is 33.6 Å². The zero-order valence-corrected chi connectivity index (χ0v) is 6.88. The van der Waals surface area contributed by atoms with Gasteiger partial charge in [0.05, 0.1) is 5.03 Å². The number of allylic oxidation sites excluding steroid dienone is 1. The van der Waals surface area contributed by atoms with Crippen molar-refractivity contribution >= 4 is 29.0 Å². The van der Waals surface area contributed by atoms with Gasteiger partial charge in [-0.05, 0) is 0 Å². The molecule has 0 aromatic rings. The number of aliphatic hydroxyl groups is 2. The lowest BCUT2D eigenvalue weighted by atomic mass is 10.0. The summed E-state index contributed by atoms with van der Waals surface area (Å²) in [5, 5.41) is 16.9. The third kappa shape index (κ3) is 1.56. The van der Waals surface area contributed by atoms with Gasteiger partial charge in [0.15, 0.2) is 5.78 Å². The lowest BCUT2D eigenvalue weighted by Gasteiger charge is -2.24. The highest BCUT2D eigenvalue weighted by atomic mass is 35.5. The summed E-state index contributed by atoms with van der Waals surface area (Å²) in [5.74, 6) is -0.477. The van der Waals surface area contributed by atoms with Crippen molar-refractivity contribution in [2.24, 2.45) is 0 Å². The van der Waals surface area contributed by atoms with Gasteiger partial charge in [-0.2, -0.15) is 0 Å². The number of hydrogen-bond donors (Lipinski definition) is 2. The molecule has 0 aliphatic heterocycles. The Labute approximate surface area is 73.2 Å². The molecule has 0 aromatic carbocycles. The summed E-state index contributed by atoms with van der Waals surface area (Å²) in [7, 11) is 0. The predicted octanol–water partition coefficient (Wildman–Crippen LogP) is 0.0210. The Balaban J connectivity index is 2.92. The molecule has 3 atom stereocenters. The molecule has 5 heteroatoms. The molecule has 0 bridgehead atoms. The Hall–Kier alpha value is -0.0900. The first-order valence-corrected chi connectivity index (χ1v) is 3.76. The summed E-state index contributed by atoms with van der Waals surface area (Å²) < 4.78 is 0. The highest BCUT2D eigenvalue weighted by molar-refractivity contribution is 6.38. The Morgan fingerprint density at radius 1 is 1.45 bits per heavy atom. The Kier molecular flexibility index (Phi) is 2.54. The number of carbonyl (C=O) groups is 1. The second-order valence-electron chi connectivity index (χ2n) is 2.27. The Morgan fingerprint density at radius 3 is 2.55 bits per heavy atom. The molecule has 1 aliphatic rings. The molecule has 1 aliphatic carbocycles. The minimum atomic E-state index is -1.30. The second kappa shape index (κ2) is 3.11. The maximum absolute atomic E-state index is 10.8. The zero-order chi connectivity index (χ0) is 8.59. The molecule has 0 saturated carbocycles. The van der Waals surface area contributed by atoms with Gasteiger partial charge >= 0.3 is 0 Å². The summed E-state index contributed by atoms with van der Waals surface area (Å²) >= 11 is 10.8. The average Bonchev–Trinajstić information content (AvgIpc) is 1.97. The van der Waals surface area contributed by atoms with Crippen LogP contribution >= 0.6 is 23.2 Å². The molecule has 3 nitrogen and oxygen atoms in total. The van der Waals surface area contributed by atoms with Crippen molar-refractivity contribution in [1.29, 1.82) is 0 Å². The molecule has 0 saturated heterocycles. The fourth-order valence-corrected chi connectivity index (χ4v) is 1.23. The molecule has 11 heavy (non-hydrogen) atoms. The molecule has 0 amide bonds. The monoisotopic (exact) mass is 196 g/mol. The van der Waals surface area contributed by atoms with E-state index in [1.807, 2.05) is 0 Å². The van der Waals surface area contributed by atoms with Gasteiger partial charge in [0.2, 0.25) is 0 Å². The van der Waals surface area contributed by atoms with Crippen LogP contribution in [0.25, 0.3) is 0 Å². The maximum Gasteiger partial charge on any atom is 0.177 e. The molecular weight excluding hydrogens is 191 g/mol. The predicted molar refractivity (Wildman–Crippen MR) is 40.6 cm³/mol. The molecule has 0 unspecified atom stereocenters. The molecule has 0 spiro atoms. The summed E-state index contributed by atoms with van der Waals surface area (Å²) in [4.78, 5) is 10.8. The van der Waals surface area contributed by atoms with E-state index in [1.54, 1.807) is 0 Å². The fraction of sp³-hybridized carbons (Fsp3) is 0.500. The number of aliphatic hydroxyl groups excluding tert-OH is 2. The molecule has 0 radical (unpaired) electrons. The van der Waals surface area contributed by atoms with Gasteiger partial charge in [0.1, 0.15) is 17.6 Å². The van der Waals surface area contributed by atoms with E-state index in [4.69, 9.17) is 33.4 Å². The van der Waals surface area contributed by atoms with Crippen LogP contribution in [0.3, 0.4) is 0 Å². The Morgan fingerprint density at radius 2 is 2.00 bits per heavy atom. The lowest BCUT2D eigenvalue weighted by molar-refractivity contribution is -0.118. The van der Waals surface area contributed by atoms with E-state index >= 15 is 0 Å². The summed E-state index contributed by atoms with van der Waals surface area (Å²) in [5.41, 5.74) is 0. The van der Waals surface area contributed by atoms with Crippen LogP contribution in [0.1, 0.15) is 0 Å². The molecular formula is C6H6Cl2O3. The van der Waals surface area contributed by atoms with Crippen LogP contribution in [0.5, 0.6) is 0 Å². The first kappa shape index (κ1) is 9.00. The number of alkyl halides is 1. The zero-order valence-electron chi connectivity index (χ0n) is 5.37. The van der Waals surface area contributed by atoms with Crippen molar-refractivity contribution in [2.45, 2.75) is 17.6 Å². The van der Waals surface area contributed by atoms with E-state index in [0.717, 1.165) is 6.08 Å². The van der Waals surface area contributed by atoms with Crippen LogP contribution in [0.15, 0.2) is 11.1 Å². The maximum atomic E-state index is 10.8. The molecule has 0 aromatic heterocycles. The lowest BCUT2D eigenvalue weighted by Crippen LogP contribution is -2.42. The molecule has 62 valence electrons. The second-order valence-corrected chi connectivity index (χ2v) is 3.18. The van der Waals surface area contributed by atoms with Gasteiger partial charge in [0.25, 0.3) is 0 Å². The van der Waals surface area contributed by atoms with E-state index in [-0.39, 0.29) is 5.03 Å². The quantitative estimate of drug-likeness (QED) is 0.538. The van der Waals surface area contributed by atoms with Crippen LogP contribution in [0.4, 0.5) is 0 Å². The fourth-order valence-electron chi connectivity index (χ4n) is 0.792. The minimum absolute atomic E-state index is 0.0700. The highest BCUT2D eigenvalue weighted by Crippen LogP contribution is 2.23. The molecule has 1 rings (SSSR count). The standard InChI is InChI=1S/C6H6Cl2O3/c7-2-1-3(9)4(8)6(11)5(2)10/h1,4-6,10-11H/t4-,5+,6-/m0/s1. The van der Waals surface area contributed by atoms with Crippen molar-refractivity contribution in [3.8, 4) is 0 Å². The SMILES string of the molecule is O=C1C=C(Cl)[C@@H](O)[C@@H](O)[C@H]1Cl. The van der Waals surface area contributed by atoms with E-state index < -0.39 is 23.4 Å². The largest absolute Gasteiger partial charge is 0.388 e. The first-order chi connectivity index (χ1) is 5.04. The number of hydrogen-bond acceptors (Lipinski definition) is 3. The molecule has 0 fully saturated rings. The summed E-state index contributed by atoms with van der Waals surface area (Å²) in [6, 6.07) is 0. The number of ketones is 1. The Bertz CT molecular complexity index is 214. The third-order valence-electron chi connectivity index (χ3n) is 1.46. The van der Waals surface area contributed by atoms with Gasteiger partial charge in [-0.3, -0.25) is 4.79 Å². The van der Waals surface area contributed by atoms with Gasteiger partial charge in [-0.15, -0.1) is 11.6 Å². The normalized spacial score (nSPS) is 38.7. The highest BCUT2D eigenvalue weighted by Gasteiger charge is 2.35.